The van der Waals surface area contributed by atoms with Crippen LogP contribution in [-0.4, -0.2) is 50.1 Å². The quantitative estimate of drug-likeness (QED) is 0.780. The third-order valence-electron chi connectivity index (χ3n) is 4.23. The summed E-state index contributed by atoms with van der Waals surface area (Å²) in [6.07, 6.45) is 5.15. The van der Waals surface area contributed by atoms with Gasteiger partial charge in [-0.15, -0.1) is 0 Å². The first-order chi connectivity index (χ1) is 8.81. The van der Waals surface area contributed by atoms with Crippen LogP contribution in [-0.2, 0) is 19.6 Å². The zero-order valence-electron chi connectivity index (χ0n) is 11.7. The lowest BCUT2D eigenvalue weighted by atomic mass is 9.87. The topological polar surface area (TPSA) is 63.7 Å². The van der Waals surface area contributed by atoms with Gasteiger partial charge in [0.05, 0.1) is 6.26 Å². The zero-order valence-corrected chi connectivity index (χ0v) is 12.5. The van der Waals surface area contributed by atoms with E-state index < -0.39 is 15.6 Å². The molecule has 0 bridgehead atoms. The van der Waals surface area contributed by atoms with Crippen LogP contribution in [0.1, 0.15) is 39.0 Å². The second-order valence-electron chi connectivity index (χ2n) is 5.94. The monoisotopic (exact) mass is 289 g/mol. The van der Waals surface area contributed by atoms with Crippen molar-refractivity contribution in [2.24, 2.45) is 5.92 Å². The second-order valence-corrected chi connectivity index (χ2v) is 7.92. The van der Waals surface area contributed by atoms with Crippen LogP contribution in [0.3, 0.4) is 0 Å². The number of carbonyl (C=O) groups excluding carboxylic acids is 1. The van der Waals surface area contributed by atoms with Gasteiger partial charge in [0.25, 0.3) is 0 Å². The van der Waals surface area contributed by atoms with E-state index >= 15 is 0 Å². The Balaban J connectivity index is 1.94. The van der Waals surface area contributed by atoms with E-state index in [2.05, 4.69) is 0 Å². The van der Waals surface area contributed by atoms with E-state index in [0.717, 1.165) is 25.7 Å². The van der Waals surface area contributed by atoms with Gasteiger partial charge in [-0.3, -0.25) is 4.79 Å². The molecular weight excluding hydrogens is 266 g/mol. The summed E-state index contributed by atoms with van der Waals surface area (Å²) in [5, 5.41) is 0. The summed E-state index contributed by atoms with van der Waals surface area (Å²) in [4.78, 5) is 12.3. The molecule has 2 saturated heterocycles. The molecule has 0 amide bonds. The number of ketones is 1. The number of hydrogen-bond donors (Lipinski definition) is 0. The second kappa shape index (κ2) is 5.50. The zero-order chi connectivity index (χ0) is 14.1. The van der Waals surface area contributed by atoms with E-state index in [9.17, 15) is 13.2 Å². The summed E-state index contributed by atoms with van der Waals surface area (Å²) in [5.74, 6) is 0.266. The molecule has 0 spiro atoms. The van der Waals surface area contributed by atoms with Gasteiger partial charge in [-0.25, -0.2) is 12.7 Å². The van der Waals surface area contributed by atoms with E-state index in [0.29, 0.717) is 26.1 Å². The number of Topliss-reactive ketones (excluding diaryl/α,β-unsaturated/α-hetero) is 1. The first kappa shape index (κ1) is 14.9. The molecule has 2 unspecified atom stereocenters. The van der Waals surface area contributed by atoms with Crippen LogP contribution in [0.5, 0.6) is 0 Å². The Labute approximate surface area is 115 Å². The minimum atomic E-state index is -3.14. The molecule has 0 aliphatic carbocycles. The highest BCUT2D eigenvalue weighted by Gasteiger charge is 2.39. The van der Waals surface area contributed by atoms with Crippen molar-refractivity contribution in [1.82, 2.24) is 4.31 Å². The standard InChI is InChI=1S/C13H23NO4S/c1-13(6-4-8-18-13)12(15)9-11-5-3-7-14(10-11)19(2,16)17/h11H,3-10H2,1-2H3. The van der Waals surface area contributed by atoms with Crippen molar-refractivity contribution in [1.29, 1.82) is 0 Å². The lowest BCUT2D eigenvalue weighted by Gasteiger charge is -2.32. The minimum absolute atomic E-state index is 0.130. The van der Waals surface area contributed by atoms with E-state index in [1.807, 2.05) is 6.92 Å². The fourth-order valence-corrected chi connectivity index (χ4v) is 3.91. The SMILES string of the molecule is CC1(C(=O)CC2CCCN(S(C)(=O)=O)C2)CCCO1. The first-order valence-corrected chi connectivity index (χ1v) is 8.78. The van der Waals surface area contributed by atoms with Gasteiger partial charge in [-0.05, 0) is 38.5 Å². The maximum absolute atomic E-state index is 12.3. The summed E-state index contributed by atoms with van der Waals surface area (Å²) in [6.45, 7) is 3.57. The van der Waals surface area contributed by atoms with Crippen LogP contribution in [0.25, 0.3) is 0 Å². The molecule has 0 aromatic carbocycles. The predicted molar refractivity (Wildman–Crippen MR) is 72.4 cm³/mol. The van der Waals surface area contributed by atoms with E-state index in [1.165, 1.54) is 10.6 Å². The Morgan fingerprint density at radius 3 is 2.74 bits per heavy atom. The highest BCUT2D eigenvalue weighted by atomic mass is 32.2. The summed E-state index contributed by atoms with van der Waals surface area (Å²) < 4.78 is 30.2. The van der Waals surface area contributed by atoms with E-state index in [-0.39, 0.29) is 11.7 Å². The van der Waals surface area contributed by atoms with Gasteiger partial charge < -0.3 is 4.74 Å². The van der Waals surface area contributed by atoms with Crippen molar-refractivity contribution in [3.63, 3.8) is 0 Å². The molecule has 6 heteroatoms. The van der Waals surface area contributed by atoms with Crippen LogP contribution in [0, 0.1) is 5.92 Å². The molecule has 0 radical (unpaired) electrons. The molecule has 110 valence electrons. The third kappa shape index (κ3) is 3.55. The molecule has 0 N–H and O–H groups in total. The number of piperidine rings is 1. The molecule has 19 heavy (non-hydrogen) atoms. The Morgan fingerprint density at radius 1 is 1.42 bits per heavy atom. The summed E-state index contributed by atoms with van der Waals surface area (Å²) in [7, 11) is -3.14. The largest absolute Gasteiger partial charge is 0.368 e. The number of nitrogens with zero attached hydrogens (tertiary/aromatic N) is 1. The smallest absolute Gasteiger partial charge is 0.211 e. The summed E-state index contributed by atoms with van der Waals surface area (Å²) >= 11 is 0. The predicted octanol–water partition coefficient (Wildman–Crippen LogP) is 1.19. The molecule has 5 nitrogen and oxygen atoms in total. The van der Waals surface area contributed by atoms with Crippen molar-refractivity contribution in [3.8, 4) is 0 Å². The van der Waals surface area contributed by atoms with Crippen molar-refractivity contribution < 1.29 is 17.9 Å². The minimum Gasteiger partial charge on any atom is -0.368 e. The van der Waals surface area contributed by atoms with Crippen molar-refractivity contribution in [3.05, 3.63) is 0 Å². The fraction of sp³-hybridized carbons (Fsp3) is 0.923. The van der Waals surface area contributed by atoms with Crippen LogP contribution in [0.4, 0.5) is 0 Å². The van der Waals surface area contributed by atoms with Crippen LogP contribution in [0.15, 0.2) is 0 Å². The summed E-state index contributed by atoms with van der Waals surface area (Å²) in [5.41, 5.74) is -0.632. The van der Waals surface area contributed by atoms with Crippen LogP contribution in [0.2, 0.25) is 0 Å². The lowest BCUT2D eigenvalue weighted by molar-refractivity contribution is -0.138. The Kier molecular flexibility index (Phi) is 4.32. The third-order valence-corrected chi connectivity index (χ3v) is 5.50. The maximum atomic E-state index is 12.3. The van der Waals surface area contributed by atoms with Gasteiger partial charge in [0.15, 0.2) is 5.78 Å². The van der Waals surface area contributed by atoms with Gasteiger partial charge in [-0.2, -0.15) is 0 Å². The molecule has 2 heterocycles. The van der Waals surface area contributed by atoms with Crippen LogP contribution >= 0.6 is 0 Å². The van der Waals surface area contributed by atoms with E-state index in [1.54, 1.807) is 0 Å². The van der Waals surface area contributed by atoms with Crippen molar-refractivity contribution in [2.45, 2.75) is 44.6 Å². The van der Waals surface area contributed by atoms with Gasteiger partial charge >= 0.3 is 0 Å². The molecule has 0 saturated carbocycles. The van der Waals surface area contributed by atoms with Crippen molar-refractivity contribution >= 4 is 15.8 Å². The van der Waals surface area contributed by atoms with E-state index in [4.69, 9.17) is 4.74 Å². The average molecular weight is 289 g/mol. The van der Waals surface area contributed by atoms with Gasteiger partial charge in [0.1, 0.15) is 5.60 Å². The van der Waals surface area contributed by atoms with Gasteiger partial charge in [0, 0.05) is 26.1 Å². The van der Waals surface area contributed by atoms with Crippen LogP contribution < -0.4 is 0 Å². The fourth-order valence-electron chi connectivity index (χ4n) is 2.97. The maximum Gasteiger partial charge on any atom is 0.211 e. The Bertz CT molecular complexity index is 440. The molecule has 2 rings (SSSR count). The normalized spacial score (nSPS) is 33.5. The Morgan fingerprint density at radius 2 is 2.16 bits per heavy atom. The molecule has 0 aromatic rings. The highest BCUT2D eigenvalue weighted by Crippen LogP contribution is 2.30. The molecular formula is C13H23NO4S. The summed E-state index contributed by atoms with van der Waals surface area (Å²) in [6, 6.07) is 0. The lowest BCUT2D eigenvalue weighted by Crippen LogP contribution is -2.42. The molecule has 2 fully saturated rings. The van der Waals surface area contributed by atoms with Gasteiger partial charge in [-0.1, -0.05) is 0 Å². The molecule has 2 atom stereocenters. The number of carbonyl (C=O) groups is 1. The number of rotatable bonds is 4. The average Bonchev–Trinajstić information content (AvgIpc) is 2.77. The molecule has 2 aliphatic rings. The Hall–Kier alpha value is -0.460. The molecule has 2 aliphatic heterocycles. The van der Waals surface area contributed by atoms with Gasteiger partial charge in [0.2, 0.25) is 10.0 Å². The molecule has 0 aromatic heterocycles. The first-order valence-electron chi connectivity index (χ1n) is 6.94. The number of ether oxygens (including phenoxy) is 1. The van der Waals surface area contributed by atoms with Crippen molar-refractivity contribution in [2.75, 3.05) is 26.0 Å². The highest BCUT2D eigenvalue weighted by molar-refractivity contribution is 7.88. The number of hydrogen-bond acceptors (Lipinski definition) is 4. The number of sulfonamides is 1.